The number of hydrogen-bond acceptors (Lipinski definition) is 3. The van der Waals surface area contributed by atoms with Crippen molar-refractivity contribution in [3.63, 3.8) is 0 Å². The SMILES string of the molecule is CC(C)(C)OC(=O)N1CCC[C@@H]2[C@@H](C(=O)O)[C@@H]21. The molecule has 2 fully saturated rings. The lowest BCUT2D eigenvalue weighted by atomic mass is 10.1. The summed E-state index contributed by atoms with van der Waals surface area (Å²) in [6, 6.07) is -0.143. The van der Waals surface area contributed by atoms with Crippen molar-refractivity contribution in [2.45, 2.75) is 45.3 Å². The van der Waals surface area contributed by atoms with Crippen molar-refractivity contribution in [1.82, 2.24) is 4.90 Å². The van der Waals surface area contributed by atoms with Crippen molar-refractivity contribution in [2.75, 3.05) is 6.54 Å². The van der Waals surface area contributed by atoms with Crippen molar-refractivity contribution in [1.29, 1.82) is 0 Å². The lowest BCUT2D eigenvalue weighted by Crippen LogP contribution is -2.41. The second kappa shape index (κ2) is 3.89. The number of carboxylic acid groups (broad SMARTS) is 1. The maximum Gasteiger partial charge on any atom is 0.410 e. The van der Waals surface area contributed by atoms with E-state index in [2.05, 4.69) is 0 Å². The first-order valence-corrected chi connectivity index (χ1v) is 6.04. The molecule has 0 aromatic rings. The molecular formula is C12H19NO4. The lowest BCUT2D eigenvalue weighted by Gasteiger charge is -2.29. The van der Waals surface area contributed by atoms with Gasteiger partial charge in [-0.1, -0.05) is 0 Å². The van der Waals surface area contributed by atoms with Crippen LogP contribution in [0.15, 0.2) is 0 Å². The van der Waals surface area contributed by atoms with Gasteiger partial charge in [0.15, 0.2) is 0 Å². The Morgan fingerprint density at radius 3 is 2.53 bits per heavy atom. The molecular weight excluding hydrogens is 222 g/mol. The maximum atomic E-state index is 11.9. The van der Waals surface area contributed by atoms with Crippen LogP contribution >= 0.6 is 0 Å². The van der Waals surface area contributed by atoms with Gasteiger partial charge in [-0.25, -0.2) is 4.79 Å². The van der Waals surface area contributed by atoms with E-state index in [1.807, 2.05) is 20.8 Å². The third kappa shape index (κ3) is 2.37. The average Bonchev–Trinajstić information content (AvgIpc) is 2.87. The van der Waals surface area contributed by atoms with Crippen molar-refractivity contribution in [3.05, 3.63) is 0 Å². The highest BCUT2D eigenvalue weighted by Crippen LogP contribution is 2.49. The van der Waals surface area contributed by atoms with Crippen LogP contribution < -0.4 is 0 Å². The Morgan fingerprint density at radius 1 is 1.35 bits per heavy atom. The van der Waals surface area contributed by atoms with Gasteiger partial charge in [0.2, 0.25) is 0 Å². The number of fused-ring (bicyclic) bond motifs is 1. The minimum absolute atomic E-state index is 0.133. The highest BCUT2D eigenvalue weighted by atomic mass is 16.6. The predicted octanol–water partition coefficient (Wildman–Crippen LogP) is 1.72. The van der Waals surface area contributed by atoms with Crippen LogP contribution in [-0.4, -0.2) is 40.3 Å². The van der Waals surface area contributed by atoms with Crippen LogP contribution in [0.2, 0.25) is 0 Å². The maximum absolute atomic E-state index is 11.9. The van der Waals surface area contributed by atoms with E-state index in [9.17, 15) is 9.59 Å². The molecule has 96 valence electrons. The van der Waals surface area contributed by atoms with Gasteiger partial charge in [0.05, 0.1) is 12.0 Å². The fraction of sp³-hybridized carbons (Fsp3) is 0.833. The Kier molecular flexibility index (Phi) is 2.79. The molecule has 1 heterocycles. The first-order valence-electron chi connectivity index (χ1n) is 6.04. The molecule has 1 N–H and O–H groups in total. The van der Waals surface area contributed by atoms with E-state index in [1.165, 1.54) is 0 Å². The Balaban J connectivity index is 2.02. The van der Waals surface area contributed by atoms with Crippen molar-refractivity contribution in [2.24, 2.45) is 11.8 Å². The average molecular weight is 241 g/mol. The molecule has 1 aliphatic carbocycles. The molecule has 0 aromatic carbocycles. The van der Waals surface area contributed by atoms with E-state index in [4.69, 9.17) is 9.84 Å². The van der Waals surface area contributed by atoms with Crippen LogP contribution in [0.4, 0.5) is 4.79 Å². The third-order valence-electron chi connectivity index (χ3n) is 3.34. The molecule has 0 unspecified atom stereocenters. The van der Waals surface area contributed by atoms with Gasteiger partial charge in [-0.15, -0.1) is 0 Å². The number of rotatable bonds is 1. The number of aliphatic carboxylic acids is 1. The number of ether oxygens (including phenoxy) is 1. The van der Waals surface area contributed by atoms with Gasteiger partial charge in [0.1, 0.15) is 5.60 Å². The molecule has 3 atom stereocenters. The second-order valence-corrected chi connectivity index (χ2v) is 5.83. The summed E-state index contributed by atoms with van der Waals surface area (Å²) < 4.78 is 5.30. The number of carboxylic acids is 1. The summed E-state index contributed by atoms with van der Waals surface area (Å²) in [5.74, 6) is -1.05. The third-order valence-corrected chi connectivity index (χ3v) is 3.34. The molecule has 1 saturated heterocycles. The highest BCUT2D eigenvalue weighted by molar-refractivity contribution is 5.78. The van der Waals surface area contributed by atoms with E-state index in [-0.39, 0.29) is 24.0 Å². The Labute approximate surface area is 101 Å². The summed E-state index contributed by atoms with van der Waals surface area (Å²) in [4.78, 5) is 24.5. The normalized spacial score (nSPS) is 31.7. The minimum Gasteiger partial charge on any atom is -0.481 e. The molecule has 2 rings (SSSR count). The number of likely N-dealkylation sites (tertiary alicyclic amines) is 1. The van der Waals surface area contributed by atoms with Gasteiger partial charge in [-0.3, -0.25) is 4.79 Å². The number of nitrogens with zero attached hydrogens (tertiary/aromatic N) is 1. The second-order valence-electron chi connectivity index (χ2n) is 5.83. The quantitative estimate of drug-likeness (QED) is 0.759. The Hall–Kier alpha value is -1.26. The van der Waals surface area contributed by atoms with Crippen LogP contribution in [0, 0.1) is 11.8 Å². The van der Waals surface area contributed by atoms with Crippen LogP contribution in [0.25, 0.3) is 0 Å². The van der Waals surface area contributed by atoms with Crippen LogP contribution in [0.5, 0.6) is 0 Å². The van der Waals surface area contributed by atoms with E-state index < -0.39 is 11.6 Å². The number of piperidine rings is 1. The summed E-state index contributed by atoms with van der Waals surface area (Å²) in [5.41, 5.74) is -0.530. The number of amides is 1. The molecule has 5 heteroatoms. The first kappa shape index (κ1) is 12.2. The van der Waals surface area contributed by atoms with Crippen molar-refractivity contribution in [3.8, 4) is 0 Å². The van der Waals surface area contributed by atoms with Gasteiger partial charge < -0.3 is 14.7 Å². The summed E-state index contributed by atoms with van der Waals surface area (Å²) in [5, 5.41) is 9.04. The number of hydrogen-bond donors (Lipinski definition) is 1. The van der Waals surface area contributed by atoms with Gasteiger partial charge >= 0.3 is 12.1 Å². The van der Waals surface area contributed by atoms with E-state index in [0.29, 0.717) is 6.54 Å². The molecule has 17 heavy (non-hydrogen) atoms. The number of carbonyl (C=O) groups excluding carboxylic acids is 1. The molecule has 5 nitrogen and oxygen atoms in total. The molecule has 1 amide bonds. The molecule has 0 aromatic heterocycles. The van der Waals surface area contributed by atoms with Crippen molar-refractivity contribution >= 4 is 12.1 Å². The van der Waals surface area contributed by atoms with Crippen LogP contribution in [0.3, 0.4) is 0 Å². The van der Waals surface area contributed by atoms with Crippen molar-refractivity contribution < 1.29 is 19.4 Å². The van der Waals surface area contributed by atoms with Crippen LogP contribution in [-0.2, 0) is 9.53 Å². The van der Waals surface area contributed by atoms with Crippen LogP contribution in [0.1, 0.15) is 33.6 Å². The smallest absolute Gasteiger partial charge is 0.410 e. The summed E-state index contributed by atoms with van der Waals surface area (Å²) in [6.07, 6.45) is 1.39. The van der Waals surface area contributed by atoms with Gasteiger partial charge in [-0.2, -0.15) is 0 Å². The molecule has 2 aliphatic rings. The van der Waals surface area contributed by atoms with E-state index in [1.54, 1.807) is 4.90 Å². The molecule has 1 saturated carbocycles. The zero-order chi connectivity index (χ0) is 12.8. The zero-order valence-electron chi connectivity index (χ0n) is 10.5. The molecule has 0 spiro atoms. The number of carbonyl (C=O) groups is 2. The molecule has 0 radical (unpaired) electrons. The Morgan fingerprint density at radius 2 is 2.00 bits per heavy atom. The minimum atomic E-state index is -0.796. The largest absolute Gasteiger partial charge is 0.481 e. The van der Waals surface area contributed by atoms with Gasteiger partial charge in [0, 0.05) is 6.54 Å². The standard InChI is InChI=1S/C12H19NO4/c1-12(2,3)17-11(16)13-6-4-5-7-8(9(7)13)10(14)15/h7-9H,4-6H2,1-3H3,(H,14,15)/t7-,8-,9-/m1/s1. The fourth-order valence-corrected chi connectivity index (χ4v) is 2.64. The van der Waals surface area contributed by atoms with Gasteiger partial charge in [0.25, 0.3) is 0 Å². The predicted molar refractivity (Wildman–Crippen MR) is 60.6 cm³/mol. The Bertz CT molecular complexity index is 347. The summed E-state index contributed by atoms with van der Waals surface area (Å²) in [6.45, 7) is 6.05. The fourth-order valence-electron chi connectivity index (χ4n) is 2.64. The van der Waals surface area contributed by atoms with E-state index in [0.717, 1.165) is 12.8 Å². The van der Waals surface area contributed by atoms with E-state index >= 15 is 0 Å². The zero-order valence-corrected chi connectivity index (χ0v) is 10.5. The first-order chi connectivity index (χ1) is 7.81. The monoisotopic (exact) mass is 241 g/mol. The summed E-state index contributed by atoms with van der Waals surface area (Å²) in [7, 11) is 0. The molecule has 0 bridgehead atoms. The highest BCUT2D eigenvalue weighted by Gasteiger charge is 2.60. The topological polar surface area (TPSA) is 66.8 Å². The summed E-state index contributed by atoms with van der Waals surface area (Å²) >= 11 is 0. The molecule has 1 aliphatic heterocycles. The van der Waals surface area contributed by atoms with Gasteiger partial charge in [-0.05, 0) is 39.5 Å². The lowest BCUT2D eigenvalue weighted by molar-refractivity contribution is -0.139.